The van der Waals surface area contributed by atoms with Gasteiger partial charge in [0.1, 0.15) is 5.60 Å². The number of nitrogens with zero attached hydrogens (tertiary/aromatic N) is 2. The van der Waals surface area contributed by atoms with Crippen molar-refractivity contribution in [1.29, 1.82) is 0 Å². The Morgan fingerprint density at radius 3 is 2.40 bits per heavy atom. The van der Waals surface area contributed by atoms with Crippen LogP contribution in [0.4, 0.5) is 4.79 Å². The van der Waals surface area contributed by atoms with Crippen molar-refractivity contribution in [3.63, 3.8) is 0 Å². The van der Waals surface area contributed by atoms with Crippen LogP contribution in [0.25, 0.3) is 0 Å². The number of hydrogen-bond acceptors (Lipinski definition) is 8. The van der Waals surface area contributed by atoms with Crippen LogP contribution >= 0.6 is 11.3 Å². The summed E-state index contributed by atoms with van der Waals surface area (Å²) in [5, 5.41) is 2.88. The first-order valence-electron chi connectivity index (χ1n) is 10.3. The molecule has 170 valence electrons. The summed E-state index contributed by atoms with van der Waals surface area (Å²) in [5.74, 6) is -0.916. The minimum absolute atomic E-state index is 0.00118. The molecule has 8 nitrogen and oxygen atoms in total. The van der Waals surface area contributed by atoms with E-state index in [4.69, 9.17) is 14.3 Å². The quantitative estimate of drug-likeness (QED) is 0.208. The molecule has 1 aromatic rings. The highest BCUT2D eigenvalue weighted by Gasteiger charge is 2.34. The fourth-order valence-corrected chi connectivity index (χ4v) is 3.20. The number of hydroxylamine groups is 2. The second kappa shape index (κ2) is 12.0. The summed E-state index contributed by atoms with van der Waals surface area (Å²) in [6, 6.07) is -0.542. The van der Waals surface area contributed by atoms with E-state index in [1.54, 1.807) is 27.7 Å². The number of carbonyl (C=O) groups is 3. The lowest BCUT2D eigenvalue weighted by atomic mass is 9.98. The van der Waals surface area contributed by atoms with Crippen molar-refractivity contribution in [1.82, 2.24) is 10.0 Å². The van der Waals surface area contributed by atoms with Crippen molar-refractivity contribution in [2.75, 3.05) is 13.2 Å². The first-order chi connectivity index (χ1) is 14.0. The Hall–Kier alpha value is -2.00. The molecule has 1 atom stereocenters. The number of unbranched alkanes of at least 4 members (excludes halogenated alkanes) is 1. The van der Waals surface area contributed by atoms with Crippen LogP contribution in [-0.4, -0.2) is 52.7 Å². The molecule has 0 fully saturated rings. The van der Waals surface area contributed by atoms with Gasteiger partial charge >= 0.3 is 12.1 Å². The molecule has 9 heteroatoms. The number of amides is 1. The van der Waals surface area contributed by atoms with E-state index in [2.05, 4.69) is 4.98 Å². The Morgan fingerprint density at radius 2 is 1.87 bits per heavy atom. The first kappa shape index (κ1) is 26.0. The normalized spacial score (nSPS) is 12.5. The molecule has 0 radical (unpaired) electrons. The highest BCUT2D eigenvalue weighted by Crippen LogP contribution is 2.23. The average Bonchev–Trinajstić information content (AvgIpc) is 3.12. The molecule has 1 amide bonds. The maximum absolute atomic E-state index is 12.9. The fourth-order valence-electron chi connectivity index (χ4n) is 2.47. The van der Waals surface area contributed by atoms with Crippen molar-refractivity contribution in [3.8, 4) is 0 Å². The number of rotatable bonds is 11. The molecule has 0 N–H and O–H groups in total. The van der Waals surface area contributed by atoms with E-state index >= 15 is 0 Å². The van der Waals surface area contributed by atoms with Crippen LogP contribution in [0.2, 0.25) is 0 Å². The van der Waals surface area contributed by atoms with Gasteiger partial charge in [0.2, 0.25) is 0 Å². The number of ketones is 1. The zero-order chi connectivity index (χ0) is 22.9. The zero-order valence-electron chi connectivity index (χ0n) is 19.0. The van der Waals surface area contributed by atoms with Crippen molar-refractivity contribution in [2.45, 2.75) is 79.4 Å². The van der Waals surface area contributed by atoms with E-state index in [0.29, 0.717) is 6.61 Å². The Balaban J connectivity index is 3.02. The Kier molecular flexibility index (Phi) is 10.4. The van der Waals surface area contributed by atoms with Gasteiger partial charge in [-0.05, 0) is 40.0 Å². The van der Waals surface area contributed by atoms with Gasteiger partial charge in [0.15, 0.2) is 16.5 Å². The van der Waals surface area contributed by atoms with Gasteiger partial charge in [-0.3, -0.25) is 9.63 Å². The van der Waals surface area contributed by atoms with Crippen LogP contribution in [0, 0.1) is 5.92 Å². The number of ether oxygens (including phenoxy) is 2. The van der Waals surface area contributed by atoms with Gasteiger partial charge in [0.25, 0.3) is 0 Å². The third kappa shape index (κ3) is 8.39. The summed E-state index contributed by atoms with van der Waals surface area (Å²) in [5.41, 5.74) is -0.590. The Labute approximate surface area is 182 Å². The monoisotopic (exact) mass is 442 g/mol. The van der Waals surface area contributed by atoms with Gasteiger partial charge in [0, 0.05) is 11.8 Å². The third-order valence-electron chi connectivity index (χ3n) is 3.99. The van der Waals surface area contributed by atoms with Gasteiger partial charge in [-0.25, -0.2) is 14.6 Å². The highest BCUT2D eigenvalue weighted by molar-refractivity contribution is 7.11. The van der Waals surface area contributed by atoms with E-state index in [9.17, 15) is 14.4 Å². The topological polar surface area (TPSA) is 95.0 Å². The number of carbonyl (C=O) groups excluding carboxylic acids is 3. The Morgan fingerprint density at radius 1 is 1.20 bits per heavy atom. The van der Waals surface area contributed by atoms with Gasteiger partial charge in [0.05, 0.1) is 19.3 Å². The van der Waals surface area contributed by atoms with Crippen molar-refractivity contribution in [2.24, 2.45) is 5.92 Å². The predicted octanol–water partition coefficient (Wildman–Crippen LogP) is 4.89. The second-order valence-corrected chi connectivity index (χ2v) is 9.05. The smallest absolute Gasteiger partial charge is 0.434 e. The van der Waals surface area contributed by atoms with Crippen molar-refractivity contribution in [3.05, 3.63) is 16.1 Å². The number of Topliss-reactive ketones (excluding diaryl/α,β-unsaturated/α-hetero) is 1. The average molecular weight is 443 g/mol. The molecule has 0 spiro atoms. The highest BCUT2D eigenvalue weighted by atomic mass is 32.1. The van der Waals surface area contributed by atoms with Gasteiger partial charge in [-0.1, -0.05) is 27.2 Å². The Bertz CT molecular complexity index is 711. The van der Waals surface area contributed by atoms with Crippen molar-refractivity contribution >= 4 is 29.2 Å². The van der Waals surface area contributed by atoms with Gasteiger partial charge in [-0.15, -0.1) is 11.3 Å². The number of hydrogen-bond donors (Lipinski definition) is 0. The molecule has 0 saturated carbocycles. The molecular formula is C21H34N2O6S. The fraction of sp³-hybridized carbons (Fsp3) is 0.714. The number of aromatic nitrogens is 1. The van der Waals surface area contributed by atoms with Gasteiger partial charge < -0.3 is 9.47 Å². The summed E-state index contributed by atoms with van der Waals surface area (Å²) < 4.78 is 10.4. The molecule has 1 rings (SSSR count). The molecule has 1 unspecified atom stereocenters. The minimum Gasteiger partial charge on any atom is -0.461 e. The predicted molar refractivity (Wildman–Crippen MR) is 115 cm³/mol. The van der Waals surface area contributed by atoms with Crippen molar-refractivity contribution < 1.29 is 28.7 Å². The third-order valence-corrected chi connectivity index (χ3v) is 4.88. The second-order valence-electron chi connectivity index (χ2n) is 8.19. The summed E-state index contributed by atoms with van der Waals surface area (Å²) in [6.45, 7) is 13.4. The molecule has 0 aliphatic heterocycles. The summed E-state index contributed by atoms with van der Waals surface area (Å²) >= 11 is 1.08. The minimum atomic E-state index is -0.696. The standard InChI is InChI=1S/C21H34N2O6S/c1-8-10-11-28-23(20(26)29-21(5,6)7)16(14(3)4)12-17(24)18-22-15(13-30-18)19(25)27-9-2/h13-14,16H,8-12H2,1-7H3. The lowest BCUT2D eigenvalue weighted by molar-refractivity contribution is -0.178. The van der Waals surface area contributed by atoms with E-state index in [0.717, 1.165) is 24.2 Å². The van der Waals surface area contributed by atoms with E-state index < -0.39 is 23.7 Å². The van der Waals surface area contributed by atoms with Gasteiger partial charge in [-0.2, -0.15) is 5.06 Å². The molecule has 0 saturated heterocycles. The maximum atomic E-state index is 12.9. The molecule has 0 aliphatic rings. The molecular weight excluding hydrogens is 408 g/mol. The number of esters is 1. The summed E-state index contributed by atoms with van der Waals surface area (Å²) in [7, 11) is 0. The van der Waals surface area contributed by atoms with Crippen LogP contribution in [0.15, 0.2) is 5.38 Å². The molecule has 0 aliphatic carbocycles. The lowest BCUT2D eigenvalue weighted by Crippen LogP contribution is -2.46. The molecule has 1 heterocycles. The van der Waals surface area contributed by atoms with Crippen LogP contribution < -0.4 is 0 Å². The van der Waals surface area contributed by atoms with Crippen LogP contribution in [-0.2, 0) is 14.3 Å². The van der Waals surface area contributed by atoms with Crippen LogP contribution in [0.3, 0.4) is 0 Å². The molecule has 1 aromatic heterocycles. The molecule has 0 aromatic carbocycles. The largest absolute Gasteiger partial charge is 0.461 e. The number of thiazole rings is 1. The summed E-state index contributed by atoms with van der Waals surface area (Å²) in [6.07, 6.45) is 1.05. The van der Waals surface area contributed by atoms with E-state index in [-0.39, 0.29) is 35.4 Å². The molecule has 30 heavy (non-hydrogen) atoms. The SMILES string of the molecule is CCCCON(C(=O)OC(C)(C)C)C(CC(=O)c1nc(C(=O)OCC)cs1)C(C)C. The van der Waals surface area contributed by atoms with E-state index in [1.807, 2.05) is 20.8 Å². The first-order valence-corrected chi connectivity index (χ1v) is 11.2. The van der Waals surface area contributed by atoms with Crippen LogP contribution in [0.1, 0.15) is 88.0 Å². The summed E-state index contributed by atoms with van der Waals surface area (Å²) in [4.78, 5) is 47.3. The zero-order valence-corrected chi connectivity index (χ0v) is 19.8. The molecule has 0 bridgehead atoms. The maximum Gasteiger partial charge on any atom is 0.434 e. The van der Waals surface area contributed by atoms with Crippen LogP contribution in [0.5, 0.6) is 0 Å². The van der Waals surface area contributed by atoms with E-state index in [1.165, 1.54) is 10.4 Å². The lowest BCUT2D eigenvalue weighted by Gasteiger charge is -2.34.